The molecule has 0 aromatic heterocycles. The van der Waals surface area contributed by atoms with Gasteiger partial charge in [0.1, 0.15) is 0 Å². The van der Waals surface area contributed by atoms with Crippen LogP contribution in [0.3, 0.4) is 0 Å². The van der Waals surface area contributed by atoms with Crippen LogP contribution in [0.4, 0.5) is 5.69 Å². The number of hydrogen-bond donors (Lipinski definition) is 2. The second-order valence-electron chi connectivity index (χ2n) is 5.05. The monoisotopic (exact) mass is 247 g/mol. The minimum Gasteiger partial charge on any atom is -0.330 e. The number of amides is 1. The maximum atomic E-state index is 11.3. The van der Waals surface area contributed by atoms with Gasteiger partial charge in [0.15, 0.2) is 0 Å². The number of rotatable bonds is 5. The first kappa shape index (κ1) is 13.1. The molecule has 1 amide bonds. The van der Waals surface area contributed by atoms with Gasteiger partial charge in [-0.25, -0.2) is 0 Å². The Balaban J connectivity index is 2.21. The first-order valence-corrected chi connectivity index (χ1v) is 6.41. The van der Waals surface area contributed by atoms with Crippen LogP contribution in [0, 0.1) is 0 Å². The summed E-state index contributed by atoms with van der Waals surface area (Å²) in [6, 6.07) is 6.63. The number of nitrogens with zero attached hydrogens (tertiary/aromatic N) is 1. The predicted octanol–water partition coefficient (Wildman–Crippen LogP) is 1.52. The third kappa shape index (κ3) is 2.71. The van der Waals surface area contributed by atoms with Crippen LogP contribution in [0.5, 0.6) is 0 Å². The summed E-state index contributed by atoms with van der Waals surface area (Å²) in [4.78, 5) is 13.6. The van der Waals surface area contributed by atoms with E-state index in [0.717, 1.165) is 30.6 Å². The lowest BCUT2D eigenvalue weighted by molar-refractivity contribution is -0.115. The van der Waals surface area contributed by atoms with Crippen LogP contribution in [-0.2, 0) is 11.2 Å². The third-order valence-electron chi connectivity index (χ3n) is 3.44. The predicted molar refractivity (Wildman–Crippen MR) is 73.5 cm³/mol. The molecule has 0 saturated heterocycles. The van der Waals surface area contributed by atoms with E-state index in [9.17, 15) is 4.79 Å². The highest BCUT2D eigenvalue weighted by atomic mass is 16.1. The van der Waals surface area contributed by atoms with Crippen molar-refractivity contribution in [3.63, 3.8) is 0 Å². The zero-order chi connectivity index (χ0) is 13.1. The summed E-state index contributed by atoms with van der Waals surface area (Å²) in [5, 5.41) is 2.86. The van der Waals surface area contributed by atoms with Crippen LogP contribution in [0.2, 0.25) is 0 Å². The smallest absolute Gasteiger partial charge is 0.228 e. The normalized spacial score (nSPS) is 15.7. The van der Waals surface area contributed by atoms with Crippen molar-refractivity contribution in [2.24, 2.45) is 5.73 Å². The molecule has 98 valence electrons. The van der Waals surface area contributed by atoms with Crippen LogP contribution >= 0.6 is 0 Å². The van der Waals surface area contributed by atoms with E-state index in [-0.39, 0.29) is 5.91 Å². The van der Waals surface area contributed by atoms with Gasteiger partial charge in [0, 0.05) is 11.7 Å². The zero-order valence-electron chi connectivity index (χ0n) is 11.1. The molecule has 2 rings (SSSR count). The molecule has 1 atom stereocenters. The first-order chi connectivity index (χ1) is 8.61. The van der Waals surface area contributed by atoms with Crippen LogP contribution in [0.25, 0.3) is 0 Å². The molecule has 0 radical (unpaired) electrons. The van der Waals surface area contributed by atoms with Gasteiger partial charge >= 0.3 is 0 Å². The molecular formula is C14H21N3O. The van der Waals surface area contributed by atoms with Crippen LogP contribution in [-0.4, -0.2) is 31.4 Å². The summed E-state index contributed by atoms with van der Waals surface area (Å²) in [7, 11) is 4.16. The molecule has 0 fully saturated rings. The Labute approximate surface area is 108 Å². The molecule has 1 aliphatic rings. The molecule has 1 aromatic rings. The lowest BCUT2D eigenvalue weighted by Crippen LogP contribution is -2.21. The van der Waals surface area contributed by atoms with Crippen LogP contribution in [0.15, 0.2) is 18.2 Å². The largest absolute Gasteiger partial charge is 0.330 e. The number of nitrogens with one attached hydrogen (secondary N) is 1. The van der Waals surface area contributed by atoms with Gasteiger partial charge in [-0.15, -0.1) is 0 Å². The van der Waals surface area contributed by atoms with Crippen LogP contribution in [0.1, 0.15) is 30.0 Å². The van der Waals surface area contributed by atoms with Gasteiger partial charge in [0.25, 0.3) is 0 Å². The average molecular weight is 247 g/mol. The van der Waals surface area contributed by atoms with Gasteiger partial charge < -0.3 is 16.0 Å². The molecule has 4 heteroatoms. The van der Waals surface area contributed by atoms with Crippen molar-refractivity contribution in [1.29, 1.82) is 0 Å². The molecule has 0 aliphatic carbocycles. The summed E-state index contributed by atoms with van der Waals surface area (Å²) in [6.45, 7) is 0.718. The molecule has 1 aromatic carbocycles. The Bertz CT molecular complexity index is 443. The van der Waals surface area contributed by atoms with Crippen molar-refractivity contribution in [2.45, 2.75) is 25.3 Å². The molecule has 3 N–H and O–H groups in total. The van der Waals surface area contributed by atoms with Crippen molar-refractivity contribution >= 4 is 11.6 Å². The number of anilines is 1. The van der Waals surface area contributed by atoms with Gasteiger partial charge in [-0.1, -0.05) is 12.1 Å². The topological polar surface area (TPSA) is 58.4 Å². The molecule has 1 aliphatic heterocycles. The Morgan fingerprint density at radius 1 is 1.44 bits per heavy atom. The minimum absolute atomic E-state index is 0.0884. The van der Waals surface area contributed by atoms with Gasteiger partial charge in [-0.05, 0) is 50.7 Å². The second kappa shape index (κ2) is 5.50. The van der Waals surface area contributed by atoms with E-state index in [2.05, 4.69) is 36.4 Å². The van der Waals surface area contributed by atoms with Crippen molar-refractivity contribution in [1.82, 2.24) is 4.90 Å². The number of nitrogens with two attached hydrogens (primary N) is 1. The maximum absolute atomic E-state index is 11.3. The van der Waals surface area contributed by atoms with E-state index in [1.807, 2.05) is 6.07 Å². The Kier molecular flexibility index (Phi) is 3.99. The molecule has 0 spiro atoms. The summed E-state index contributed by atoms with van der Waals surface area (Å²) >= 11 is 0. The standard InChI is InChI=1S/C14H21N3O/c1-17(2)13(4-3-7-15)10-5-6-12-11(8-10)9-14(18)16-12/h5-6,8,13H,3-4,7,9,15H2,1-2H3,(H,16,18). The highest BCUT2D eigenvalue weighted by Crippen LogP contribution is 2.30. The summed E-state index contributed by atoms with van der Waals surface area (Å²) in [6.07, 6.45) is 2.56. The van der Waals surface area contributed by atoms with Crippen molar-refractivity contribution in [2.75, 3.05) is 26.0 Å². The van der Waals surface area contributed by atoms with Crippen molar-refractivity contribution < 1.29 is 4.79 Å². The van der Waals surface area contributed by atoms with E-state index in [4.69, 9.17) is 5.73 Å². The highest BCUT2D eigenvalue weighted by Gasteiger charge is 2.20. The van der Waals surface area contributed by atoms with Gasteiger partial charge in [0.2, 0.25) is 5.91 Å². The van der Waals surface area contributed by atoms with Crippen LogP contribution < -0.4 is 11.1 Å². The van der Waals surface area contributed by atoms with E-state index in [0.29, 0.717) is 12.5 Å². The second-order valence-corrected chi connectivity index (χ2v) is 5.05. The maximum Gasteiger partial charge on any atom is 0.228 e. The number of carbonyl (C=O) groups is 1. The van der Waals surface area contributed by atoms with Crippen molar-refractivity contribution in [3.05, 3.63) is 29.3 Å². The summed E-state index contributed by atoms with van der Waals surface area (Å²) in [5.41, 5.74) is 8.92. The number of hydrogen-bond acceptors (Lipinski definition) is 3. The van der Waals surface area contributed by atoms with Gasteiger partial charge in [0.05, 0.1) is 6.42 Å². The van der Waals surface area contributed by atoms with E-state index >= 15 is 0 Å². The lowest BCUT2D eigenvalue weighted by Gasteiger charge is -2.25. The quantitative estimate of drug-likeness (QED) is 0.829. The number of carbonyl (C=O) groups excluding carboxylic acids is 1. The van der Waals surface area contributed by atoms with Crippen molar-refractivity contribution in [3.8, 4) is 0 Å². The molecular weight excluding hydrogens is 226 g/mol. The molecule has 1 heterocycles. The van der Waals surface area contributed by atoms with E-state index in [1.54, 1.807) is 0 Å². The Morgan fingerprint density at radius 2 is 2.22 bits per heavy atom. The molecule has 4 nitrogen and oxygen atoms in total. The third-order valence-corrected chi connectivity index (χ3v) is 3.44. The average Bonchev–Trinajstić information content (AvgIpc) is 2.68. The number of benzene rings is 1. The molecule has 1 unspecified atom stereocenters. The fourth-order valence-electron chi connectivity index (χ4n) is 2.49. The van der Waals surface area contributed by atoms with Gasteiger partial charge in [-0.2, -0.15) is 0 Å². The molecule has 0 bridgehead atoms. The first-order valence-electron chi connectivity index (χ1n) is 6.41. The lowest BCUT2D eigenvalue weighted by atomic mass is 9.98. The fraction of sp³-hybridized carbons (Fsp3) is 0.500. The SMILES string of the molecule is CN(C)C(CCCN)c1ccc2c(c1)CC(=O)N2. The Morgan fingerprint density at radius 3 is 2.89 bits per heavy atom. The zero-order valence-corrected chi connectivity index (χ0v) is 11.1. The molecule has 0 saturated carbocycles. The summed E-state index contributed by atoms with van der Waals surface area (Å²) < 4.78 is 0. The minimum atomic E-state index is 0.0884. The number of fused-ring (bicyclic) bond motifs is 1. The van der Waals surface area contributed by atoms with E-state index < -0.39 is 0 Å². The fourth-order valence-corrected chi connectivity index (χ4v) is 2.49. The summed E-state index contributed by atoms with van der Waals surface area (Å²) in [5.74, 6) is 0.0884. The Hall–Kier alpha value is -1.39. The molecule has 18 heavy (non-hydrogen) atoms. The van der Waals surface area contributed by atoms with E-state index in [1.165, 1.54) is 5.56 Å². The highest BCUT2D eigenvalue weighted by molar-refractivity contribution is 5.99. The van der Waals surface area contributed by atoms with Gasteiger partial charge in [-0.3, -0.25) is 4.79 Å².